The van der Waals surface area contributed by atoms with E-state index in [-0.39, 0.29) is 11.9 Å². The highest BCUT2D eigenvalue weighted by Gasteiger charge is 2.22. The minimum absolute atomic E-state index is 0.0358. The van der Waals surface area contributed by atoms with E-state index in [1.54, 1.807) is 0 Å². The molecule has 2 aromatic rings. The smallest absolute Gasteiger partial charge is 0.127 e. The van der Waals surface area contributed by atoms with Crippen molar-refractivity contribution in [2.45, 2.75) is 19.4 Å². The van der Waals surface area contributed by atoms with Gasteiger partial charge in [0.05, 0.1) is 12.6 Å². The van der Waals surface area contributed by atoms with E-state index >= 15 is 0 Å². The van der Waals surface area contributed by atoms with Gasteiger partial charge in [-0.15, -0.1) is 0 Å². The van der Waals surface area contributed by atoms with Crippen molar-refractivity contribution >= 4 is 0 Å². The lowest BCUT2D eigenvalue weighted by Gasteiger charge is -2.21. The second-order valence-electron chi connectivity index (χ2n) is 4.98. The Hall–Kier alpha value is -1.87. The van der Waals surface area contributed by atoms with Crippen molar-refractivity contribution in [1.82, 2.24) is 5.32 Å². The van der Waals surface area contributed by atoms with Gasteiger partial charge in [-0.05, 0) is 29.8 Å². The monoisotopic (exact) mass is 271 g/mol. The number of hydrogen-bond donors (Lipinski definition) is 1. The predicted molar refractivity (Wildman–Crippen MR) is 77.6 cm³/mol. The Labute approximate surface area is 118 Å². The van der Waals surface area contributed by atoms with E-state index < -0.39 is 0 Å². The molecule has 1 aliphatic heterocycles. The molecule has 0 saturated carbocycles. The standard InChI is InChI=1S/C17H18FNO/c1-2-19-16(12-6-8-14(18)9-7-12)15-5-3-4-13-10-11-20-17(13)15/h3-9,16,19H,2,10-11H2,1H3. The fraction of sp³-hybridized carbons (Fsp3) is 0.294. The molecule has 3 heteroatoms. The number of nitrogens with one attached hydrogen (secondary N) is 1. The van der Waals surface area contributed by atoms with Crippen LogP contribution in [0.25, 0.3) is 0 Å². The van der Waals surface area contributed by atoms with Gasteiger partial charge in [-0.3, -0.25) is 0 Å². The number of rotatable bonds is 4. The summed E-state index contributed by atoms with van der Waals surface area (Å²) in [6.07, 6.45) is 0.964. The normalized spacial score (nSPS) is 14.7. The quantitative estimate of drug-likeness (QED) is 0.919. The maximum Gasteiger partial charge on any atom is 0.127 e. The zero-order valence-corrected chi connectivity index (χ0v) is 11.5. The Balaban J connectivity index is 2.03. The maximum absolute atomic E-state index is 13.1. The van der Waals surface area contributed by atoms with Gasteiger partial charge in [0, 0.05) is 12.0 Å². The van der Waals surface area contributed by atoms with Gasteiger partial charge in [-0.2, -0.15) is 0 Å². The third-order valence-electron chi connectivity index (χ3n) is 3.67. The SMILES string of the molecule is CCNC(c1ccc(F)cc1)c1cccc2c1OCC2. The van der Waals surface area contributed by atoms with Crippen LogP contribution in [0, 0.1) is 5.82 Å². The summed E-state index contributed by atoms with van der Waals surface area (Å²) in [5.74, 6) is 0.779. The van der Waals surface area contributed by atoms with Gasteiger partial charge in [0.2, 0.25) is 0 Å². The summed E-state index contributed by atoms with van der Waals surface area (Å²) in [6, 6.07) is 13.0. The summed E-state index contributed by atoms with van der Waals surface area (Å²) in [6.45, 7) is 3.65. The highest BCUT2D eigenvalue weighted by molar-refractivity contribution is 5.48. The molecule has 0 amide bonds. The van der Waals surface area contributed by atoms with E-state index in [0.717, 1.165) is 36.4 Å². The molecule has 3 rings (SSSR count). The molecular formula is C17H18FNO. The maximum atomic E-state index is 13.1. The fourth-order valence-corrected chi connectivity index (χ4v) is 2.73. The van der Waals surface area contributed by atoms with E-state index in [2.05, 4.69) is 30.4 Å². The lowest BCUT2D eigenvalue weighted by Crippen LogP contribution is -2.22. The van der Waals surface area contributed by atoms with E-state index in [0.29, 0.717) is 0 Å². The summed E-state index contributed by atoms with van der Waals surface area (Å²) in [7, 11) is 0. The van der Waals surface area contributed by atoms with Crippen LogP contribution in [-0.4, -0.2) is 13.2 Å². The minimum atomic E-state index is -0.210. The molecule has 0 saturated heterocycles. The van der Waals surface area contributed by atoms with E-state index in [1.807, 2.05) is 12.1 Å². The van der Waals surface area contributed by atoms with Gasteiger partial charge < -0.3 is 10.1 Å². The Morgan fingerprint density at radius 1 is 1.20 bits per heavy atom. The molecule has 104 valence electrons. The van der Waals surface area contributed by atoms with E-state index in [9.17, 15) is 4.39 Å². The average molecular weight is 271 g/mol. The average Bonchev–Trinajstić information content (AvgIpc) is 2.94. The number of para-hydroxylation sites is 1. The predicted octanol–water partition coefficient (Wildman–Crippen LogP) is 3.46. The van der Waals surface area contributed by atoms with E-state index in [1.165, 1.54) is 17.7 Å². The summed E-state index contributed by atoms with van der Waals surface area (Å²) in [5.41, 5.74) is 3.44. The van der Waals surface area contributed by atoms with Crippen molar-refractivity contribution < 1.29 is 9.13 Å². The molecule has 1 atom stereocenters. The molecule has 1 unspecified atom stereocenters. The number of benzene rings is 2. The fourth-order valence-electron chi connectivity index (χ4n) is 2.73. The lowest BCUT2D eigenvalue weighted by atomic mass is 9.96. The number of fused-ring (bicyclic) bond motifs is 1. The Bertz CT molecular complexity index is 594. The summed E-state index contributed by atoms with van der Waals surface area (Å²) >= 11 is 0. The number of halogens is 1. The number of ether oxygens (including phenoxy) is 1. The Kier molecular flexibility index (Phi) is 3.70. The van der Waals surface area contributed by atoms with Gasteiger partial charge in [0.15, 0.2) is 0 Å². The van der Waals surface area contributed by atoms with Crippen molar-refractivity contribution in [3.8, 4) is 5.75 Å². The van der Waals surface area contributed by atoms with Crippen LogP contribution in [0.1, 0.15) is 29.7 Å². The molecule has 1 heterocycles. The molecule has 1 aliphatic rings. The zero-order chi connectivity index (χ0) is 13.9. The van der Waals surface area contributed by atoms with Crippen LogP contribution < -0.4 is 10.1 Å². The van der Waals surface area contributed by atoms with Crippen LogP contribution in [0.3, 0.4) is 0 Å². The molecule has 0 bridgehead atoms. The molecule has 1 N–H and O–H groups in total. The van der Waals surface area contributed by atoms with Crippen LogP contribution in [-0.2, 0) is 6.42 Å². The van der Waals surface area contributed by atoms with Crippen molar-refractivity contribution in [3.63, 3.8) is 0 Å². The first kappa shape index (κ1) is 13.1. The topological polar surface area (TPSA) is 21.3 Å². The van der Waals surface area contributed by atoms with Crippen LogP contribution in [0.15, 0.2) is 42.5 Å². The van der Waals surface area contributed by atoms with Crippen molar-refractivity contribution in [2.24, 2.45) is 0 Å². The molecule has 20 heavy (non-hydrogen) atoms. The van der Waals surface area contributed by atoms with Crippen molar-refractivity contribution in [3.05, 3.63) is 65.0 Å². The second kappa shape index (κ2) is 5.63. The van der Waals surface area contributed by atoms with Gasteiger partial charge in [-0.25, -0.2) is 4.39 Å². The summed E-state index contributed by atoms with van der Waals surface area (Å²) in [4.78, 5) is 0. The second-order valence-corrected chi connectivity index (χ2v) is 4.98. The first-order chi connectivity index (χ1) is 9.79. The van der Waals surface area contributed by atoms with Gasteiger partial charge >= 0.3 is 0 Å². The third-order valence-corrected chi connectivity index (χ3v) is 3.67. The molecular weight excluding hydrogens is 253 g/mol. The van der Waals surface area contributed by atoms with Gasteiger partial charge in [0.1, 0.15) is 11.6 Å². The summed E-state index contributed by atoms with van der Waals surface area (Å²) < 4.78 is 18.9. The first-order valence-electron chi connectivity index (χ1n) is 7.03. The molecule has 0 spiro atoms. The van der Waals surface area contributed by atoms with Crippen LogP contribution in [0.4, 0.5) is 4.39 Å². The van der Waals surface area contributed by atoms with Crippen molar-refractivity contribution in [2.75, 3.05) is 13.2 Å². The lowest BCUT2D eigenvalue weighted by molar-refractivity contribution is 0.350. The zero-order valence-electron chi connectivity index (χ0n) is 11.5. The van der Waals surface area contributed by atoms with Crippen molar-refractivity contribution in [1.29, 1.82) is 0 Å². The summed E-state index contributed by atoms with van der Waals surface area (Å²) in [5, 5.41) is 3.46. The number of hydrogen-bond acceptors (Lipinski definition) is 2. The highest BCUT2D eigenvalue weighted by atomic mass is 19.1. The van der Waals surface area contributed by atoms with Gasteiger partial charge in [0.25, 0.3) is 0 Å². The van der Waals surface area contributed by atoms with Crippen LogP contribution in [0.5, 0.6) is 5.75 Å². The Morgan fingerprint density at radius 3 is 2.75 bits per heavy atom. The van der Waals surface area contributed by atoms with Crippen LogP contribution >= 0.6 is 0 Å². The van der Waals surface area contributed by atoms with Gasteiger partial charge in [-0.1, -0.05) is 37.3 Å². The first-order valence-corrected chi connectivity index (χ1v) is 7.03. The van der Waals surface area contributed by atoms with E-state index in [4.69, 9.17) is 4.74 Å². The molecule has 0 radical (unpaired) electrons. The minimum Gasteiger partial charge on any atom is -0.493 e. The molecule has 2 nitrogen and oxygen atoms in total. The Morgan fingerprint density at radius 2 is 2.00 bits per heavy atom. The highest BCUT2D eigenvalue weighted by Crippen LogP contribution is 2.36. The molecule has 2 aromatic carbocycles. The van der Waals surface area contributed by atoms with Crippen LogP contribution in [0.2, 0.25) is 0 Å². The third kappa shape index (κ3) is 2.41. The molecule has 0 aliphatic carbocycles. The largest absolute Gasteiger partial charge is 0.493 e. The molecule has 0 aromatic heterocycles. The molecule has 0 fully saturated rings.